The number of nitrogens with two attached hydrogens (primary N) is 1. The average molecular weight is 335 g/mol. The summed E-state index contributed by atoms with van der Waals surface area (Å²) in [6.07, 6.45) is 0. The lowest BCUT2D eigenvalue weighted by molar-refractivity contribution is 0.303. The summed E-state index contributed by atoms with van der Waals surface area (Å²) >= 11 is 3.42. The second-order valence-corrected chi connectivity index (χ2v) is 5.05. The molecule has 0 radical (unpaired) electrons. The Kier molecular flexibility index (Phi) is 4.63. The molecule has 0 spiro atoms. The van der Waals surface area contributed by atoms with Crippen molar-refractivity contribution in [3.05, 3.63) is 58.1 Å². The fourth-order valence-electron chi connectivity index (χ4n) is 1.71. The summed E-state index contributed by atoms with van der Waals surface area (Å²) in [4.78, 5) is 0. The van der Waals surface area contributed by atoms with Crippen LogP contribution in [-0.4, -0.2) is 12.9 Å². The zero-order valence-electron chi connectivity index (χ0n) is 11.0. The van der Waals surface area contributed by atoms with Gasteiger partial charge in [0.1, 0.15) is 23.9 Å². The zero-order chi connectivity index (χ0) is 14.5. The zero-order valence-corrected chi connectivity index (χ0v) is 12.6. The van der Waals surface area contributed by atoms with Gasteiger partial charge >= 0.3 is 0 Å². The van der Waals surface area contributed by atoms with E-state index in [-0.39, 0.29) is 5.84 Å². The van der Waals surface area contributed by atoms with Gasteiger partial charge < -0.3 is 15.2 Å². The Labute approximate surface area is 126 Å². The van der Waals surface area contributed by atoms with E-state index in [0.717, 1.165) is 15.8 Å². The molecule has 4 nitrogen and oxygen atoms in total. The Hall–Kier alpha value is -2.01. The fraction of sp³-hybridized carbons (Fsp3) is 0.133. The van der Waals surface area contributed by atoms with Crippen molar-refractivity contribution in [1.29, 1.82) is 5.41 Å². The summed E-state index contributed by atoms with van der Waals surface area (Å²) in [5, 5.41) is 7.39. The maximum atomic E-state index is 7.39. The number of hydrogen-bond acceptors (Lipinski definition) is 3. The van der Waals surface area contributed by atoms with Crippen molar-refractivity contribution in [1.82, 2.24) is 0 Å². The predicted octanol–water partition coefficient (Wildman–Crippen LogP) is 3.32. The molecule has 5 heteroatoms. The molecule has 0 aliphatic heterocycles. The summed E-state index contributed by atoms with van der Waals surface area (Å²) in [6.45, 7) is 0.440. The molecule has 0 saturated heterocycles. The molecule has 0 aliphatic carbocycles. The monoisotopic (exact) mass is 334 g/mol. The Bertz CT molecular complexity index is 629. The van der Waals surface area contributed by atoms with Crippen LogP contribution in [0.4, 0.5) is 0 Å². The van der Waals surface area contributed by atoms with E-state index < -0.39 is 0 Å². The van der Waals surface area contributed by atoms with Crippen molar-refractivity contribution in [3.8, 4) is 11.5 Å². The second kappa shape index (κ2) is 6.43. The van der Waals surface area contributed by atoms with Gasteiger partial charge in [0.2, 0.25) is 0 Å². The molecule has 2 aromatic carbocycles. The highest BCUT2D eigenvalue weighted by molar-refractivity contribution is 9.10. The van der Waals surface area contributed by atoms with Crippen molar-refractivity contribution in [2.75, 3.05) is 7.11 Å². The van der Waals surface area contributed by atoms with Crippen molar-refractivity contribution in [2.24, 2.45) is 5.73 Å². The molecule has 0 saturated carbocycles. The van der Waals surface area contributed by atoms with Gasteiger partial charge in [0.15, 0.2) is 0 Å². The van der Waals surface area contributed by atoms with Crippen molar-refractivity contribution >= 4 is 21.8 Å². The van der Waals surface area contributed by atoms with Gasteiger partial charge in [-0.05, 0) is 51.8 Å². The van der Waals surface area contributed by atoms with E-state index in [2.05, 4.69) is 15.9 Å². The van der Waals surface area contributed by atoms with Gasteiger partial charge in [-0.2, -0.15) is 0 Å². The molecule has 0 heterocycles. The van der Waals surface area contributed by atoms with E-state index in [1.807, 2.05) is 24.3 Å². The highest BCUT2D eigenvalue weighted by Crippen LogP contribution is 2.27. The number of hydrogen-bond donors (Lipinski definition) is 2. The molecule has 2 aromatic rings. The fourth-order valence-corrected chi connectivity index (χ4v) is 2.20. The highest BCUT2D eigenvalue weighted by atomic mass is 79.9. The summed E-state index contributed by atoms with van der Waals surface area (Å²) in [6, 6.07) is 13.0. The quantitative estimate of drug-likeness (QED) is 0.651. The minimum atomic E-state index is 0.0324. The average Bonchev–Trinajstić information content (AvgIpc) is 2.46. The molecule has 2 rings (SSSR count). The van der Waals surface area contributed by atoms with Crippen LogP contribution in [0.2, 0.25) is 0 Å². The summed E-state index contributed by atoms with van der Waals surface area (Å²) in [5.41, 5.74) is 7.12. The third-order valence-electron chi connectivity index (χ3n) is 2.77. The van der Waals surface area contributed by atoms with Gasteiger partial charge in [-0.1, -0.05) is 12.1 Å². The van der Waals surface area contributed by atoms with Gasteiger partial charge in [0.05, 0.1) is 11.6 Å². The Morgan fingerprint density at radius 1 is 1.25 bits per heavy atom. The van der Waals surface area contributed by atoms with E-state index in [4.69, 9.17) is 20.6 Å². The highest BCUT2D eigenvalue weighted by Gasteiger charge is 2.05. The third kappa shape index (κ3) is 3.51. The molecule has 0 unspecified atom stereocenters. The number of rotatable bonds is 5. The first kappa shape index (κ1) is 14.4. The minimum Gasteiger partial charge on any atom is -0.497 e. The standard InChI is InChI=1S/C15H15BrN2O2/c1-19-12-4-2-3-10(7-12)9-20-14-6-5-11(15(17)18)8-13(14)16/h2-8H,9H2,1H3,(H3,17,18). The first-order valence-corrected chi connectivity index (χ1v) is 6.79. The van der Waals surface area contributed by atoms with Gasteiger partial charge in [0, 0.05) is 5.56 Å². The molecule has 0 fully saturated rings. The number of ether oxygens (including phenoxy) is 2. The van der Waals surface area contributed by atoms with E-state index in [1.54, 1.807) is 25.3 Å². The lowest BCUT2D eigenvalue weighted by Crippen LogP contribution is -2.10. The van der Waals surface area contributed by atoms with E-state index in [1.165, 1.54) is 0 Å². The molecule has 0 atom stereocenters. The molecular formula is C15H15BrN2O2. The van der Waals surface area contributed by atoms with Crippen molar-refractivity contribution in [3.63, 3.8) is 0 Å². The summed E-state index contributed by atoms with van der Waals surface area (Å²) in [5.74, 6) is 1.54. The van der Waals surface area contributed by atoms with Crippen molar-refractivity contribution < 1.29 is 9.47 Å². The number of nitrogen functional groups attached to an aromatic ring is 1. The number of benzene rings is 2. The number of methoxy groups -OCH3 is 1. The van der Waals surface area contributed by atoms with Crippen LogP contribution in [0.1, 0.15) is 11.1 Å². The maximum absolute atomic E-state index is 7.39. The van der Waals surface area contributed by atoms with E-state index in [9.17, 15) is 0 Å². The van der Waals surface area contributed by atoms with Gasteiger partial charge in [-0.3, -0.25) is 5.41 Å². The van der Waals surface area contributed by atoms with Crippen LogP contribution in [0.25, 0.3) is 0 Å². The first-order chi connectivity index (χ1) is 9.60. The normalized spacial score (nSPS) is 10.1. The Balaban J connectivity index is 2.08. The molecule has 0 aromatic heterocycles. The molecule has 0 amide bonds. The maximum Gasteiger partial charge on any atom is 0.134 e. The van der Waals surface area contributed by atoms with Crippen LogP contribution in [-0.2, 0) is 6.61 Å². The predicted molar refractivity (Wildman–Crippen MR) is 82.5 cm³/mol. The van der Waals surface area contributed by atoms with Gasteiger partial charge in [0.25, 0.3) is 0 Å². The second-order valence-electron chi connectivity index (χ2n) is 4.20. The molecule has 0 aliphatic rings. The van der Waals surface area contributed by atoms with Crippen LogP contribution in [0.15, 0.2) is 46.9 Å². The molecule has 0 bridgehead atoms. The lowest BCUT2D eigenvalue weighted by atomic mass is 10.2. The van der Waals surface area contributed by atoms with Gasteiger partial charge in [-0.15, -0.1) is 0 Å². The lowest BCUT2D eigenvalue weighted by Gasteiger charge is -2.10. The number of nitrogens with one attached hydrogen (secondary N) is 1. The summed E-state index contributed by atoms with van der Waals surface area (Å²) in [7, 11) is 1.64. The smallest absolute Gasteiger partial charge is 0.134 e. The third-order valence-corrected chi connectivity index (χ3v) is 3.39. The molecule has 20 heavy (non-hydrogen) atoms. The number of halogens is 1. The van der Waals surface area contributed by atoms with Crippen molar-refractivity contribution in [2.45, 2.75) is 6.61 Å². The van der Waals surface area contributed by atoms with Crippen LogP contribution >= 0.6 is 15.9 Å². The first-order valence-electron chi connectivity index (χ1n) is 6.00. The van der Waals surface area contributed by atoms with Crippen LogP contribution in [0.3, 0.4) is 0 Å². The van der Waals surface area contributed by atoms with Crippen LogP contribution < -0.4 is 15.2 Å². The van der Waals surface area contributed by atoms with Gasteiger partial charge in [-0.25, -0.2) is 0 Å². The van der Waals surface area contributed by atoms with Crippen LogP contribution in [0.5, 0.6) is 11.5 Å². The molecular weight excluding hydrogens is 320 g/mol. The molecule has 104 valence electrons. The Morgan fingerprint density at radius 3 is 2.70 bits per heavy atom. The minimum absolute atomic E-state index is 0.0324. The summed E-state index contributed by atoms with van der Waals surface area (Å²) < 4.78 is 11.7. The van der Waals surface area contributed by atoms with E-state index in [0.29, 0.717) is 17.9 Å². The number of amidine groups is 1. The molecule has 3 N–H and O–H groups in total. The Morgan fingerprint density at radius 2 is 2.05 bits per heavy atom. The largest absolute Gasteiger partial charge is 0.497 e. The van der Waals surface area contributed by atoms with E-state index >= 15 is 0 Å². The SMILES string of the molecule is COc1cccc(COc2ccc(C(=N)N)cc2Br)c1. The topological polar surface area (TPSA) is 68.3 Å². The van der Waals surface area contributed by atoms with Crippen LogP contribution in [0, 0.1) is 5.41 Å².